The molecule has 21 heavy (non-hydrogen) atoms. The fraction of sp³-hybridized carbons (Fsp3) is 0.824. The van der Waals surface area contributed by atoms with Crippen LogP contribution in [0.25, 0.3) is 0 Å². The van der Waals surface area contributed by atoms with E-state index in [2.05, 4.69) is 62.6 Å². The summed E-state index contributed by atoms with van der Waals surface area (Å²) in [6.07, 6.45) is 9.44. The van der Waals surface area contributed by atoms with Gasteiger partial charge in [-0.3, -0.25) is 4.68 Å². The molecule has 0 aliphatic heterocycles. The van der Waals surface area contributed by atoms with Crippen LogP contribution in [0.2, 0.25) is 0 Å². The van der Waals surface area contributed by atoms with E-state index in [0.717, 1.165) is 19.0 Å². The van der Waals surface area contributed by atoms with Crippen LogP contribution in [0.1, 0.15) is 58.1 Å². The number of aromatic nitrogens is 2. The van der Waals surface area contributed by atoms with E-state index < -0.39 is 0 Å². The predicted molar refractivity (Wildman–Crippen MR) is 88.4 cm³/mol. The van der Waals surface area contributed by atoms with Gasteiger partial charge in [-0.2, -0.15) is 5.10 Å². The second kappa shape index (κ2) is 6.93. The number of nitrogens with one attached hydrogen (secondary N) is 1. The standard InChI is InChI=1S/C17H32N4/c1-6-18-16(15-12-19-21(7-2)13-15)17(20(4)5)10-8-14(3)9-11-17/h12-14,16,18H,6-11H2,1-5H3. The summed E-state index contributed by atoms with van der Waals surface area (Å²) >= 11 is 0. The zero-order valence-corrected chi connectivity index (χ0v) is 14.4. The molecule has 1 heterocycles. The fourth-order valence-electron chi connectivity index (χ4n) is 3.78. The van der Waals surface area contributed by atoms with Crippen molar-refractivity contribution in [2.75, 3.05) is 20.6 Å². The number of hydrogen-bond donors (Lipinski definition) is 1. The van der Waals surface area contributed by atoms with E-state index in [1.54, 1.807) is 0 Å². The number of nitrogens with zero attached hydrogens (tertiary/aromatic N) is 3. The Labute approximate surface area is 129 Å². The molecule has 1 aromatic rings. The average Bonchev–Trinajstić information content (AvgIpc) is 2.94. The van der Waals surface area contributed by atoms with Gasteiger partial charge in [0.1, 0.15) is 0 Å². The van der Waals surface area contributed by atoms with E-state index in [0.29, 0.717) is 6.04 Å². The Morgan fingerprint density at radius 3 is 2.52 bits per heavy atom. The Balaban J connectivity index is 2.32. The van der Waals surface area contributed by atoms with Gasteiger partial charge in [-0.15, -0.1) is 0 Å². The van der Waals surface area contributed by atoms with Crippen molar-refractivity contribution < 1.29 is 0 Å². The van der Waals surface area contributed by atoms with Gasteiger partial charge in [0.05, 0.1) is 12.2 Å². The Hall–Kier alpha value is -0.870. The van der Waals surface area contributed by atoms with Gasteiger partial charge in [-0.1, -0.05) is 13.8 Å². The fourth-order valence-corrected chi connectivity index (χ4v) is 3.78. The minimum atomic E-state index is 0.212. The summed E-state index contributed by atoms with van der Waals surface area (Å²) in [4.78, 5) is 2.45. The highest BCUT2D eigenvalue weighted by atomic mass is 15.3. The summed E-state index contributed by atoms with van der Waals surface area (Å²) in [7, 11) is 4.48. The van der Waals surface area contributed by atoms with Crippen LogP contribution >= 0.6 is 0 Å². The van der Waals surface area contributed by atoms with Crippen molar-refractivity contribution in [3.63, 3.8) is 0 Å². The average molecular weight is 292 g/mol. The van der Waals surface area contributed by atoms with Crippen molar-refractivity contribution in [1.82, 2.24) is 20.0 Å². The molecule has 0 bridgehead atoms. The smallest absolute Gasteiger partial charge is 0.0538 e. The minimum absolute atomic E-state index is 0.212. The molecule has 1 aliphatic carbocycles. The van der Waals surface area contributed by atoms with Crippen LogP contribution in [0.4, 0.5) is 0 Å². The van der Waals surface area contributed by atoms with Crippen molar-refractivity contribution >= 4 is 0 Å². The first-order chi connectivity index (χ1) is 10.0. The van der Waals surface area contributed by atoms with E-state index in [1.165, 1.54) is 31.2 Å². The molecule has 1 aliphatic rings. The van der Waals surface area contributed by atoms with Crippen molar-refractivity contribution in [2.45, 2.75) is 64.6 Å². The maximum absolute atomic E-state index is 4.50. The number of aryl methyl sites for hydroxylation is 1. The van der Waals surface area contributed by atoms with Crippen molar-refractivity contribution in [1.29, 1.82) is 0 Å². The summed E-state index contributed by atoms with van der Waals surface area (Å²) in [6.45, 7) is 8.66. The summed E-state index contributed by atoms with van der Waals surface area (Å²) in [5.41, 5.74) is 1.55. The van der Waals surface area contributed by atoms with Crippen LogP contribution in [0.3, 0.4) is 0 Å². The quantitative estimate of drug-likeness (QED) is 0.875. The molecule has 0 radical (unpaired) electrons. The van der Waals surface area contributed by atoms with E-state index in [9.17, 15) is 0 Å². The molecule has 1 N–H and O–H groups in total. The van der Waals surface area contributed by atoms with Gasteiger partial charge in [0.15, 0.2) is 0 Å². The first kappa shape index (κ1) is 16.5. The molecule has 0 amide bonds. The maximum atomic E-state index is 4.50. The van der Waals surface area contributed by atoms with E-state index in [4.69, 9.17) is 0 Å². The Kier molecular flexibility index (Phi) is 5.44. The molecule has 1 atom stereocenters. The first-order valence-corrected chi connectivity index (χ1v) is 8.46. The van der Waals surface area contributed by atoms with Gasteiger partial charge in [0, 0.05) is 23.8 Å². The number of likely N-dealkylation sites (N-methyl/N-ethyl adjacent to an activating group) is 2. The monoisotopic (exact) mass is 292 g/mol. The van der Waals surface area contributed by atoms with Crippen molar-refractivity contribution in [2.24, 2.45) is 5.92 Å². The molecular weight excluding hydrogens is 260 g/mol. The van der Waals surface area contributed by atoms with Gasteiger partial charge in [0.2, 0.25) is 0 Å². The molecule has 120 valence electrons. The van der Waals surface area contributed by atoms with E-state index >= 15 is 0 Å². The largest absolute Gasteiger partial charge is 0.309 e. The second-order valence-electron chi connectivity index (χ2n) is 6.80. The summed E-state index contributed by atoms with van der Waals surface area (Å²) in [6, 6.07) is 0.366. The third-order valence-corrected chi connectivity index (χ3v) is 5.29. The molecule has 4 heteroatoms. The van der Waals surface area contributed by atoms with Crippen LogP contribution in [0.5, 0.6) is 0 Å². The highest BCUT2D eigenvalue weighted by molar-refractivity contribution is 5.19. The van der Waals surface area contributed by atoms with Gasteiger partial charge in [0.25, 0.3) is 0 Å². The normalized spacial score (nSPS) is 28.0. The molecule has 1 fully saturated rings. The lowest BCUT2D eigenvalue weighted by Crippen LogP contribution is -2.55. The summed E-state index contributed by atoms with van der Waals surface area (Å²) in [5, 5.41) is 8.24. The van der Waals surface area contributed by atoms with Crippen LogP contribution < -0.4 is 5.32 Å². The molecule has 0 aromatic carbocycles. The minimum Gasteiger partial charge on any atom is -0.309 e. The molecule has 0 saturated heterocycles. The third kappa shape index (κ3) is 3.32. The topological polar surface area (TPSA) is 33.1 Å². The Morgan fingerprint density at radius 1 is 1.38 bits per heavy atom. The van der Waals surface area contributed by atoms with Gasteiger partial charge in [-0.05, 0) is 59.2 Å². The highest BCUT2D eigenvalue weighted by Gasteiger charge is 2.43. The van der Waals surface area contributed by atoms with E-state index in [1.807, 2.05) is 4.68 Å². The summed E-state index contributed by atoms with van der Waals surface area (Å²) < 4.78 is 2.04. The van der Waals surface area contributed by atoms with Crippen molar-refractivity contribution in [3.05, 3.63) is 18.0 Å². The van der Waals surface area contributed by atoms with Crippen LogP contribution in [-0.4, -0.2) is 40.9 Å². The zero-order valence-electron chi connectivity index (χ0n) is 14.4. The first-order valence-electron chi connectivity index (χ1n) is 8.46. The lowest BCUT2D eigenvalue weighted by Gasteiger charge is -2.49. The lowest BCUT2D eigenvalue weighted by molar-refractivity contribution is 0.0434. The summed E-state index contributed by atoms with van der Waals surface area (Å²) in [5.74, 6) is 0.860. The zero-order chi connectivity index (χ0) is 15.5. The van der Waals surface area contributed by atoms with Crippen LogP contribution in [0.15, 0.2) is 12.4 Å². The van der Waals surface area contributed by atoms with Gasteiger partial charge >= 0.3 is 0 Å². The highest BCUT2D eigenvalue weighted by Crippen LogP contribution is 2.43. The molecule has 1 saturated carbocycles. The molecule has 1 unspecified atom stereocenters. The Morgan fingerprint density at radius 2 is 2.05 bits per heavy atom. The van der Waals surface area contributed by atoms with Crippen LogP contribution in [-0.2, 0) is 6.54 Å². The van der Waals surface area contributed by atoms with Crippen molar-refractivity contribution in [3.8, 4) is 0 Å². The van der Waals surface area contributed by atoms with Gasteiger partial charge in [-0.25, -0.2) is 0 Å². The predicted octanol–water partition coefficient (Wildman–Crippen LogP) is 3.06. The number of hydrogen-bond acceptors (Lipinski definition) is 3. The van der Waals surface area contributed by atoms with Gasteiger partial charge < -0.3 is 10.2 Å². The van der Waals surface area contributed by atoms with Crippen LogP contribution in [0, 0.1) is 5.92 Å². The lowest BCUT2D eigenvalue weighted by atomic mass is 9.70. The van der Waals surface area contributed by atoms with E-state index in [-0.39, 0.29) is 5.54 Å². The molecule has 2 rings (SSSR count). The molecule has 1 aromatic heterocycles. The number of rotatable bonds is 6. The third-order valence-electron chi connectivity index (χ3n) is 5.29. The molecule has 4 nitrogen and oxygen atoms in total. The SMILES string of the molecule is CCNC(c1cnn(CC)c1)C1(N(C)C)CCC(C)CC1. The second-order valence-corrected chi connectivity index (χ2v) is 6.80. The Bertz CT molecular complexity index is 430. The molecular formula is C17H32N4. The maximum Gasteiger partial charge on any atom is 0.0538 e. The molecule has 0 spiro atoms.